The quantitative estimate of drug-likeness (QED) is 0.630. The van der Waals surface area contributed by atoms with Crippen molar-refractivity contribution in [2.75, 3.05) is 0 Å². The standard InChI is InChI=1S/C9H5ClF2O3/c10-4-2-6(12)5(11)1-3(4)7-8(15-7)9(13)14/h1-2,7-8H,(H,13,14)/t7-,8-/m0/s1. The Hall–Kier alpha value is -1.20. The van der Waals surface area contributed by atoms with Crippen molar-refractivity contribution in [3.05, 3.63) is 34.4 Å². The van der Waals surface area contributed by atoms with Gasteiger partial charge in [-0.1, -0.05) is 11.6 Å². The SMILES string of the molecule is O=C(O)[C@H]1O[C@H]1c1cc(F)c(F)cc1Cl. The van der Waals surface area contributed by atoms with E-state index in [4.69, 9.17) is 21.4 Å². The molecule has 1 N–H and O–H groups in total. The van der Waals surface area contributed by atoms with E-state index >= 15 is 0 Å². The largest absolute Gasteiger partial charge is 0.479 e. The minimum atomic E-state index is -1.15. The first-order valence-electron chi connectivity index (χ1n) is 4.03. The highest BCUT2D eigenvalue weighted by Crippen LogP contribution is 2.42. The maximum atomic E-state index is 12.8. The van der Waals surface area contributed by atoms with Crippen LogP contribution < -0.4 is 0 Å². The molecule has 0 amide bonds. The second-order valence-corrected chi connectivity index (χ2v) is 3.51. The van der Waals surface area contributed by atoms with Crippen LogP contribution in [0, 0.1) is 11.6 Å². The normalized spacial score (nSPS) is 23.9. The highest BCUT2D eigenvalue weighted by atomic mass is 35.5. The van der Waals surface area contributed by atoms with Crippen LogP contribution in [-0.4, -0.2) is 17.2 Å². The van der Waals surface area contributed by atoms with Crippen molar-refractivity contribution in [1.29, 1.82) is 0 Å². The molecule has 2 atom stereocenters. The second-order valence-electron chi connectivity index (χ2n) is 3.10. The molecule has 1 aliphatic rings. The average Bonchev–Trinajstić information content (AvgIpc) is 2.90. The van der Waals surface area contributed by atoms with E-state index in [9.17, 15) is 13.6 Å². The molecule has 3 nitrogen and oxygen atoms in total. The van der Waals surface area contributed by atoms with Gasteiger partial charge in [0.15, 0.2) is 17.7 Å². The number of ether oxygens (including phenoxy) is 1. The molecule has 2 rings (SSSR count). The predicted molar refractivity (Wildman–Crippen MR) is 46.6 cm³/mol. The van der Waals surface area contributed by atoms with Crippen LogP contribution in [0.1, 0.15) is 11.7 Å². The first kappa shape index (κ1) is 10.3. The van der Waals surface area contributed by atoms with Crippen molar-refractivity contribution < 1.29 is 23.4 Å². The number of carboxylic acids is 1. The lowest BCUT2D eigenvalue weighted by atomic mass is 10.1. The lowest BCUT2D eigenvalue weighted by molar-refractivity contribution is -0.138. The predicted octanol–water partition coefficient (Wildman–Crippen LogP) is 2.14. The van der Waals surface area contributed by atoms with E-state index in [1.165, 1.54) is 0 Å². The molecule has 0 aliphatic carbocycles. The van der Waals surface area contributed by atoms with Crippen LogP contribution in [0.5, 0.6) is 0 Å². The Balaban J connectivity index is 2.31. The van der Waals surface area contributed by atoms with Gasteiger partial charge in [0.1, 0.15) is 6.10 Å². The lowest BCUT2D eigenvalue weighted by Crippen LogP contribution is -2.05. The summed E-state index contributed by atoms with van der Waals surface area (Å²) in [6.07, 6.45) is -1.81. The monoisotopic (exact) mass is 234 g/mol. The summed E-state index contributed by atoms with van der Waals surface area (Å²) in [6.45, 7) is 0. The molecule has 15 heavy (non-hydrogen) atoms. The number of benzene rings is 1. The molecule has 80 valence electrons. The topological polar surface area (TPSA) is 49.8 Å². The molecule has 0 aromatic heterocycles. The highest BCUT2D eigenvalue weighted by Gasteiger charge is 2.47. The summed E-state index contributed by atoms with van der Waals surface area (Å²) < 4.78 is 30.3. The molecule has 1 aliphatic heterocycles. The number of halogens is 3. The maximum absolute atomic E-state index is 12.8. The molecule has 1 saturated heterocycles. The number of epoxide rings is 1. The fourth-order valence-corrected chi connectivity index (χ4v) is 1.55. The molecule has 1 heterocycles. The van der Waals surface area contributed by atoms with Gasteiger partial charge in [0.05, 0.1) is 0 Å². The zero-order valence-electron chi connectivity index (χ0n) is 7.21. The highest BCUT2D eigenvalue weighted by molar-refractivity contribution is 6.31. The Morgan fingerprint density at radius 1 is 1.40 bits per heavy atom. The molecule has 6 heteroatoms. The third-order valence-corrected chi connectivity index (χ3v) is 2.41. The van der Waals surface area contributed by atoms with Crippen molar-refractivity contribution >= 4 is 17.6 Å². The third kappa shape index (κ3) is 1.80. The lowest BCUT2D eigenvalue weighted by Gasteiger charge is -2.01. The average molecular weight is 235 g/mol. The molecule has 1 aromatic carbocycles. The van der Waals surface area contributed by atoms with Crippen molar-refractivity contribution in [1.82, 2.24) is 0 Å². The second kappa shape index (κ2) is 3.43. The van der Waals surface area contributed by atoms with Crippen molar-refractivity contribution in [3.63, 3.8) is 0 Å². The van der Waals surface area contributed by atoms with E-state index < -0.39 is 29.8 Å². The van der Waals surface area contributed by atoms with E-state index in [0.29, 0.717) is 0 Å². The summed E-state index contributed by atoms with van der Waals surface area (Å²) >= 11 is 5.63. The van der Waals surface area contributed by atoms with Gasteiger partial charge in [0.2, 0.25) is 0 Å². The first-order valence-corrected chi connectivity index (χ1v) is 4.41. The van der Waals surface area contributed by atoms with Crippen LogP contribution >= 0.6 is 11.6 Å². The van der Waals surface area contributed by atoms with Crippen LogP contribution in [-0.2, 0) is 9.53 Å². The van der Waals surface area contributed by atoms with Gasteiger partial charge in [0.25, 0.3) is 0 Å². The Labute approximate surface area is 88.2 Å². The number of carboxylic acid groups (broad SMARTS) is 1. The molecule has 0 spiro atoms. The molecular weight excluding hydrogens is 230 g/mol. The van der Waals surface area contributed by atoms with Crippen LogP contribution in [0.15, 0.2) is 12.1 Å². The molecule has 1 fully saturated rings. The van der Waals surface area contributed by atoms with E-state index in [-0.39, 0.29) is 10.6 Å². The van der Waals surface area contributed by atoms with E-state index in [0.717, 1.165) is 12.1 Å². The van der Waals surface area contributed by atoms with E-state index in [1.54, 1.807) is 0 Å². The van der Waals surface area contributed by atoms with Gasteiger partial charge in [0, 0.05) is 10.6 Å². The summed E-state index contributed by atoms with van der Waals surface area (Å²) in [7, 11) is 0. The Morgan fingerprint density at radius 3 is 2.53 bits per heavy atom. The van der Waals surface area contributed by atoms with Crippen molar-refractivity contribution in [2.45, 2.75) is 12.2 Å². The smallest absolute Gasteiger partial charge is 0.335 e. The molecule has 0 unspecified atom stereocenters. The summed E-state index contributed by atoms with van der Waals surface area (Å²) in [6, 6.07) is 1.65. The number of aliphatic carboxylic acids is 1. The fourth-order valence-electron chi connectivity index (χ4n) is 1.29. The van der Waals surface area contributed by atoms with Gasteiger partial charge in [-0.2, -0.15) is 0 Å². The van der Waals surface area contributed by atoms with Gasteiger partial charge in [-0.15, -0.1) is 0 Å². The third-order valence-electron chi connectivity index (χ3n) is 2.08. The van der Waals surface area contributed by atoms with Crippen molar-refractivity contribution in [3.8, 4) is 0 Å². The molecular formula is C9H5ClF2O3. The number of carbonyl (C=O) groups is 1. The number of hydrogen-bond acceptors (Lipinski definition) is 2. The summed E-state index contributed by atoms with van der Waals surface area (Å²) in [5.41, 5.74) is 0.156. The summed E-state index contributed by atoms with van der Waals surface area (Å²) in [4.78, 5) is 10.5. The van der Waals surface area contributed by atoms with Gasteiger partial charge < -0.3 is 9.84 Å². The first-order chi connectivity index (χ1) is 7.00. The van der Waals surface area contributed by atoms with Gasteiger partial charge >= 0.3 is 5.97 Å². The van der Waals surface area contributed by atoms with Gasteiger partial charge in [-0.25, -0.2) is 13.6 Å². The minimum absolute atomic E-state index is 0.0392. The van der Waals surface area contributed by atoms with Crippen LogP contribution in [0.4, 0.5) is 8.78 Å². The van der Waals surface area contributed by atoms with Crippen LogP contribution in [0.3, 0.4) is 0 Å². The van der Waals surface area contributed by atoms with Gasteiger partial charge in [-0.05, 0) is 12.1 Å². The van der Waals surface area contributed by atoms with E-state index in [1.807, 2.05) is 0 Å². The van der Waals surface area contributed by atoms with E-state index in [2.05, 4.69) is 0 Å². The molecule has 0 radical (unpaired) electrons. The molecule has 1 aromatic rings. The number of rotatable bonds is 2. The number of hydrogen-bond donors (Lipinski definition) is 1. The molecule has 0 saturated carbocycles. The van der Waals surface area contributed by atoms with Crippen LogP contribution in [0.2, 0.25) is 5.02 Å². The summed E-state index contributed by atoms with van der Waals surface area (Å²) in [5, 5.41) is 8.52. The van der Waals surface area contributed by atoms with Crippen molar-refractivity contribution in [2.24, 2.45) is 0 Å². The van der Waals surface area contributed by atoms with Crippen LogP contribution in [0.25, 0.3) is 0 Å². The Bertz CT molecular complexity index is 436. The fraction of sp³-hybridized carbons (Fsp3) is 0.222. The Morgan fingerprint density at radius 2 is 2.00 bits per heavy atom. The minimum Gasteiger partial charge on any atom is -0.479 e. The summed E-state index contributed by atoms with van der Waals surface area (Å²) in [5.74, 6) is -3.30. The zero-order chi connectivity index (χ0) is 11.2. The van der Waals surface area contributed by atoms with Gasteiger partial charge in [-0.3, -0.25) is 0 Å². The molecule has 0 bridgehead atoms. The maximum Gasteiger partial charge on any atom is 0.335 e. The Kier molecular flexibility index (Phi) is 2.36. The zero-order valence-corrected chi connectivity index (χ0v) is 7.96.